The second kappa shape index (κ2) is 5.31. The summed E-state index contributed by atoms with van der Waals surface area (Å²) in [7, 11) is 0. The predicted molar refractivity (Wildman–Crippen MR) is 79.4 cm³/mol. The molecule has 4 heteroatoms. The van der Waals surface area contributed by atoms with Gasteiger partial charge in [0.05, 0.1) is 23.1 Å². The number of benzene rings is 2. The van der Waals surface area contributed by atoms with Crippen LogP contribution in [0.1, 0.15) is 10.4 Å². The predicted octanol–water partition coefficient (Wildman–Crippen LogP) is 4.01. The Labute approximate surface area is 121 Å². The van der Waals surface area contributed by atoms with Crippen LogP contribution < -0.4 is 0 Å². The molecule has 98 valence electrons. The molecule has 0 fully saturated rings. The maximum absolute atomic E-state index is 11.2. The number of aldehydes is 1. The normalized spacial score (nSPS) is 10.4. The molecule has 0 amide bonds. The zero-order valence-electron chi connectivity index (χ0n) is 10.5. The molecule has 1 heterocycles. The van der Waals surface area contributed by atoms with Crippen LogP contribution in [-0.2, 0) is 0 Å². The molecular weight excluding hydrogens is 272 g/mol. The van der Waals surface area contributed by atoms with Crippen LogP contribution in [0.3, 0.4) is 0 Å². The summed E-state index contributed by atoms with van der Waals surface area (Å²) in [5, 5.41) is 4.97. The van der Waals surface area contributed by atoms with Crippen LogP contribution in [0.15, 0.2) is 60.8 Å². The van der Waals surface area contributed by atoms with E-state index in [-0.39, 0.29) is 0 Å². The Bertz CT molecular complexity index is 733. The van der Waals surface area contributed by atoms with Crippen LogP contribution in [0.25, 0.3) is 16.9 Å². The Morgan fingerprint density at radius 3 is 2.35 bits per heavy atom. The van der Waals surface area contributed by atoms with Gasteiger partial charge in [0.15, 0.2) is 6.29 Å². The van der Waals surface area contributed by atoms with Gasteiger partial charge in [-0.25, -0.2) is 4.68 Å². The highest BCUT2D eigenvalue weighted by Crippen LogP contribution is 2.26. The SMILES string of the molecule is O=Cc1cnn(-c2ccc(Cl)cc2)c1-c1ccccc1. The van der Waals surface area contributed by atoms with Gasteiger partial charge in [-0.2, -0.15) is 5.10 Å². The fraction of sp³-hybridized carbons (Fsp3) is 0. The van der Waals surface area contributed by atoms with Crippen LogP contribution in [-0.4, -0.2) is 16.1 Å². The van der Waals surface area contributed by atoms with Crippen molar-refractivity contribution in [2.45, 2.75) is 0 Å². The molecule has 0 saturated carbocycles. The smallest absolute Gasteiger partial charge is 0.153 e. The molecule has 0 saturated heterocycles. The van der Waals surface area contributed by atoms with Crippen molar-refractivity contribution in [1.82, 2.24) is 9.78 Å². The van der Waals surface area contributed by atoms with E-state index in [0.29, 0.717) is 10.6 Å². The number of carbonyl (C=O) groups excluding carboxylic acids is 1. The van der Waals surface area contributed by atoms with Gasteiger partial charge < -0.3 is 0 Å². The molecule has 0 bridgehead atoms. The molecule has 0 atom stereocenters. The number of rotatable bonds is 3. The van der Waals surface area contributed by atoms with E-state index in [1.807, 2.05) is 42.5 Å². The number of aromatic nitrogens is 2. The van der Waals surface area contributed by atoms with E-state index in [1.165, 1.54) is 0 Å². The highest BCUT2D eigenvalue weighted by Gasteiger charge is 2.13. The molecule has 1 aromatic heterocycles. The van der Waals surface area contributed by atoms with Gasteiger partial charge in [0.25, 0.3) is 0 Å². The summed E-state index contributed by atoms with van der Waals surface area (Å²) < 4.78 is 1.75. The van der Waals surface area contributed by atoms with Gasteiger partial charge in [0, 0.05) is 10.6 Å². The van der Waals surface area contributed by atoms with Gasteiger partial charge in [-0.05, 0) is 24.3 Å². The molecule has 0 N–H and O–H groups in total. The molecule has 0 aliphatic rings. The van der Waals surface area contributed by atoms with E-state index >= 15 is 0 Å². The summed E-state index contributed by atoms with van der Waals surface area (Å²) in [5.74, 6) is 0. The van der Waals surface area contributed by atoms with Crippen molar-refractivity contribution in [3.05, 3.63) is 71.4 Å². The van der Waals surface area contributed by atoms with Gasteiger partial charge in [0.1, 0.15) is 0 Å². The molecule has 0 aliphatic carbocycles. The quantitative estimate of drug-likeness (QED) is 0.681. The lowest BCUT2D eigenvalue weighted by atomic mass is 10.1. The van der Waals surface area contributed by atoms with Gasteiger partial charge in [-0.3, -0.25) is 4.79 Å². The second-order valence-electron chi connectivity index (χ2n) is 4.32. The summed E-state index contributed by atoms with van der Waals surface area (Å²) in [6.45, 7) is 0. The maximum atomic E-state index is 11.2. The Morgan fingerprint density at radius 1 is 1.00 bits per heavy atom. The molecule has 3 rings (SSSR count). The number of hydrogen-bond acceptors (Lipinski definition) is 2. The Balaban J connectivity index is 2.20. The molecule has 0 spiro atoms. The monoisotopic (exact) mass is 282 g/mol. The standard InChI is InChI=1S/C16H11ClN2O/c17-14-6-8-15(9-7-14)19-16(13(11-20)10-18-19)12-4-2-1-3-5-12/h1-11H. The average Bonchev–Trinajstić information content (AvgIpc) is 2.93. The van der Waals surface area contributed by atoms with E-state index in [2.05, 4.69) is 5.10 Å². The fourth-order valence-electron chi connectivity index (χ4n) is 2.11. The van der Waals surface area contributed by atoms with Crippen LogP contribution in [0.5, 0.6) is 0 Å². The van der Waals surface area contributed by atoms with Crippen molar-refractivity contribution < 1.29 is 4.79 Å². The van der Waals surface area contributed by atoms with Gasteiger partial charge in [0.2, 0.25) is 0 Å². The number of halogens is 1. The topological polar surface area (TPSA) is 34.9 Å². The molecule has 3 aromatic rings. The minimum Gasteiger partial charge on any atom is -0.298 e. The molecule has 20 heavy (non-hydrogen) atoms. The van der Waals surface area contributed by atoms with Gasteiger partial charge in [-0.15, -0.1) is 0 Å². The lowest BCUT2D eigenvalue weighted by molar-refractivity contribution is 0.112. The number of hydrogen-bond donors (Lipinski definition) is 0. The van der Waals surface area contributed by atoms with Gasteiger partial charge in [-0.1, -0.05) is 41.9 Å². The number of nitrogens with zero attached hydrogens (tertiary/aromatic N) is 2. The fourth-order valence-corrected chi connectivity index (χ4v) is 2.24. The first kappa shape index (κ1) is 12.6. The van der Waals surface area contributed by atoms with Gasteiger partial charge >= 0.3 is 0 Å². The molecule has 0 radical (unpaired) electrons. The Kier molecular flexibility index (Phi) is 3.35. The molecule has 2 aromatic carbocycles. The lowest BCUT2D eigenvalue weighted by Crippen LogP contribution is -1.99. The van der Waals surface area contributed by atoms with Crippen molar-refractivity contribution in [2.75, 3.05) is 0 Å². The highest BCUT2D eigenvalue weighted by molar-refractivity contribution is 6.30. The first-order valence-electron chi connectivity index (χ1n) is 6.14. The van der Waals surface area contributed by atoms with E-state index in [9.17, 15) is 4.79 Å². The maximum Gasteiger partial charge on any atom is 0.153 e. The first-order chi connectivity index (χ1) is 9.79. The second-order valence-corrected chi connectivity index (χ2v) is 4.76. The zero-order chi connectivity index (χ0) is 13.9. The highest BCUT2D eigenvalue weighted by atomic mass is 35.5. The molecular formula is C16H11ClN2O. The summed E-state index contributed by atoms with van der Waals surface area (Å²) in [5.41, 5.74) is 3.15. The Morgan fingerprint density at radius 2 is 1.70 bits per heavy atom. The summed E-state index contributed by atoms with van der Waals surface area (Å²) in [6, 6.07) is 17.1. The largest absolute Gasteiger partial charge is 0.298 e. The van der Waals surface area contributed by atoms with Crippen molar-refractivity contribution >= 4 is 17.9 Å². The van der Waals surface area contributed by atoms with Crippen LogP contribution in [0.2, 0.25) is 5.02 Å². The van der Waals surface area contributed by atoms with E-state index in [1.54, 1.807) is 23.0 Å². The summed E-state index contributed by atoms with van der Waals surface area (Å²) in [6.07, 6.45) is 2.39. The number of carbonyl (C=O) groups is 1. The van der Waals surface area contributed by atoms with Crippen molar-refractivity contribution in [3.63, 3.8) is 0 Å². The van der Waals surface area contributed by atoms with E-state index in [4.69, 9.17) is 11.6 Å². The third-order valence-corrected chi connectivity index (χ3v) is 3.29. The summed E-state index contributed by atoms with van der Waals surface area (Å²) >= 11 is 5.90. The molecule has 0 aliphatic heterocycles. The molecule has 3 nitrogen and oxygen atoms in total. The minimum absolute atomic E-state index is 0.561. The van der Waals surface area contributed by atoms with Crippen LogP contribution in [0.4, 0.5) is 0 Å². The minimum atomic E-state index is 0.561. The average molecular weight is 283 g/mol. The van der Waals surface area contributed by atoms with Crippen LogP contribution >= 0.6 is 11.6 Å². The van der Waals surface area contributed by atoms with Crippen molar-refractivity contribution in [1.29, 1.82) is 0 Å². The van der Waals surface area contributed by atoms with E-state index in [0.717, 1.165) is 23.2 Å². The third kappa shape index (κ3) is 2.24. The Hall–Kier alpha value is -2.39. The van der Waals surface area contributed by atoms with Crippen molar-refractivity contribution in [3.8, 4) is 16.9 Å². The molecule has 0 unspecified atom stereocenters. The van der Waals surface area contributed by atoms with Crippen molar-refractivity contribution in [2.24, 2.45) is 0 Å². The van der Waals surface area contributed by atoms with Crippen LogP contribution in [0, 0.1) is 0 Å². The third-order valence-electron chi connectivity index (χ3n) is 3.04. The first-order valence-corrected chi connectivity index (χ1v) is 6.52. The summed E-state index contributed by atoms with van der Waals surface area (Å²) in [4.78, 5) is 11.2. The lowest BCUT2D eigenvalue weighted by Gasteiger charge is -2.08. The zero-order valence-corrected chi connectivity index (χ0v) is 11.3. The van der Waals surface area contributed by atoms with E-state index < -0.39 is 0 Å².